The number of carbonyl (C=O) groups excluding carboxylic acids is 1. The molecular weight excluding hydrogens is 266 g/mol. The number of rotatable bonds is 3. The number of likely N-dealkylation sites (tertiary alicyclic amines) is 1. The summed E-state index contributed by atoms with van der Waals surface area (Å²) in [4.78, 5) is 15.8. The van der Waals surface area contributed by atoms with Gasteiger partial charge in [0.25, 0.3) is 5.91 Å². The van der Waals surface area contributed by atoms with Crippen LogP contribution in [-0.4, -0.2) is 52.0 Å². The molecule has 0 atom stereocenters. The normalized spacial score (nSPS) is 16.1. The van der Waals surface area contributed by atoms with E-state index in [4.69, 9.17) is 0 Å². The first kappa shape index (κ1) is 13.8. The number of para-hydroxylation sites is 1. The minimum absolute atomic E-state index is 0.0354. The van der Waals surface area contributed by atoms with Crippen LogP contribution in [-0.2, 0) is 0 Å². The number of hydrogen-bond acceptors (Lipinski definition) is 4. The van der Waals surface area contributed by atoms with Gasteiger partial charge in [0.05, 0.1) is 11.9 Å². The van der Waals surface area contributed by atoms with Gasteiger partial charge in [-0.2, -0.15) is 9.90 Å². The Bertz CT molecular complexity index is 602. The Kier molecular flexibility index (Phi) is 3.96. The Morgan fingerprint density at radius 3 is 2.62 bits per heavy atom. The summed E-state index contributed by atoms with van der Waals surface area (Å²) in [5.41, 5.74) is 1.26. The predicted molar refractivity (Wildman–Crippen MR) is 79.3 cm³/mol. The van der Waals surface area contributed by atoms with E-state index in [1.807, 2.05) is 42.3 Å². The van der Waals surface area contributed by atoms with Crippen molar-refractivity contribution in [3.8, 4) is 5.69 Å². The van der Waals surface area contributed by atoms with Crippen molar-refractivity contribution >= 4 is 5.91 Å². The number of piperidine rings is 1. The summed E-state index contributed by atoms with van der Waals surface area (Å²) < 4.78 is 0. The van der Waals surface area contributed by atoms with Gasteiger partial charge in [-0.3, -0.25) is 4.79 Å². The highest BCUT2D eigenvalue weighted by atomic mass is 16.2. The molecule has 110 valence electrons. The van der Waals surface area contributed by atoms with Crippen LogP contribution in [0.2, 0.25) is 0 Å². The fourth-order valence-electron chi connectivity index (χ4n) is 2.58. The quantitative estimate of drug-likeness (QED) is 0.917. The summed E-state index contributed by atoms with van der Waals surface area (Å²) in [6.45, 7) is 1.53. The second-order valence-electron chi connectivity index (χ2n) is 5.21. The zero-order chi connectivity index (χ0) is 14.7. The van der Waals surface area contributed by atoms with E-state index in [-0.39, 0.29) is 5.91 Å². The number of benzene rings is 1. The van der Waals surface area contributed by atoms with Crippen LogP contribution >= 0.6 is 0 Å². The van der Waals surface area contributed by atoms with Gasteiger partial charge in [-0.25, -0.2) is 0 Å². The molecule has 1 amide bonds. The Labute approximate surface area is 123 Å². The topological polar surface area (TPSA) is 63.1 Å². The fourth-order valence-corrected chi connectivity index (χ4v) is 2.58. The fraction of sp³-hybridized carbons (Fsp3) is 0.400. The first-order valence-corrected chi connectivity index (χ1v) is 7.22. The highest BCUT2D eigenvalue weighted by molar-refractivity contribution is 5.92. The molecule has 6 heteroatoms. The average Bonchev–Trinajstić information content (AvgIpc) is 3.05. The third-order valence-electron chi connectivity index (χ3n) is 3.89. The largest absolute Gasteiger partial charge is 0.337 e. The molecule has 1 aromatic heterocycles. The number of aromatic nitrogens is 3. The van der Waals surface area contributed by atoms with Gasteiger partial charge in [0.2, 0.25) is 0 Å². The lowest BCUT2D eigenvalue weighted by Gasteiger charge is -2.31. The summed E-state index contributed by atoms with van der Waals surface area (Å²) in [6, 6.07) is 10.1. The molecule has 1 aliphatic rings. The lowest BCUT2D eigenvalue weighted by atomic mass is 10.1. The second-order valence-corrected chi connectivity index (χ2v) is 5.21. The summed E-state index contributed by atoms with van der Waals surface area (Å²) in [7, 11) is 1.97. The summed E-state index contributed by atoms with van der Waals surface area (Å²) >= 11 is 0. The lowest BCUT2D eigenvalue weighted by molar-refractivity contribution is 0.0701. The van der Waals surface area contributed by atoms with Crippen molar-refractivity contribution in [3.05, 3.63) is 42.2 Å². The lowest BCUT2D eigenvalue weighted by Crippen LogP contribution is -2.44. The molecule has 0 saturated carbocycles. The molecule has 1 saturated heterocycles. The van der Waals surface area contributed by atoms with E-state index in [9.17, 15) is 4.79 Å². The number of carbonyl (C=O) groups is 1. The minimum atomic E-state index is -0.0354. The number of nitrogens with zero attached hydrogens (tertiary/aromatic N) is 4. The van der Waals surface area contributed by atoms with E-state index in [0.717, 1.165) is 31.6 Å². The maximum Gasteiger partial charge on any atom is 0.276 e. The number of amides is 1. The van der Waals surface area contributed by atoms with Gasteiger partial charge < -0.3 is 10.2 Å². The first-order valence-electron chi connectivity index (χ1n) is 7.22. The molecule has 0 spiro atoms. The van der Waals surface area contributed by atoms with Crippen molar-refractivity contribution in [1.29, 1.82) is 0 Å². The van der Waals surface area contributed by atoms with Crippen molar-refractivity contribution in [2.75, 3.05) is 20.1 Å². The van der Waals surface area contributed by atoms with Gasteiger partial charge in [0.1, 0.15) is 0 Å². The summed E-state index contributed by atoms with van der Waals surface area (Å²) in [5, 5.41) is 11.7. The molecule has 3 rings (SSSR count). The van der Waals surface area contributed by atoms with Crippen LogP contribution in [0.15, 0.2) is 36.5 Å². The van der Waals surface area contributed by atoms with Crippen LogP contribution < -0.4 is 5.32 Å². The van der Waals surface area contributed by atoms with Crippen molar-refractivity contribution in [2.45, 2.75) is 18.9 Å². The van der Waals surface area contributed by atoms with Crippen molar-refractivity contribution < 1.29 is 4.79 Å². The third-order valence-corrected chi connectivity index (χ3v) is 3.89. The molecule has 2 heterocycles. The van der Waals surface area contributed by atoms with Gasteiger partial charge in [0.15, 0.2) is 5.69 Å². The molecule has 6 nitrogen and oxygen atoms in total. The Balaban J connectivity index is 1.70. The third kappa shape index (κ3) is 2.95. The number of nitrogens with one attached hydrogen (secondary N) is 1. The van der Waals surface area contributed by atoms with E-state index in [1.54, 1.807) is 6.20 Å². The van der Waals surface area contributed by atoms with Gasteiger partial charge >= 0.3 is 0 Å². The zero-order valence-electron chi connectivity index (χ0n) is 12.1. The standard InChI is InChI=1S/C15H19N5O/c1-16-12-7-9-19(10-8-12)15(21)14-11-17-20(18-14)13-5-3-2-4-6-13/h2-6,11-12,16H,7-10H2,1H3. The second kappa shape index (κ2) is 6.05. The molecule has 21 heavy (non-hydrogen) atoms. The predicted octanol–water partition coefficient (Wildman–Crippen LogP) is 1.09. The Hall–Kier alpha value is -2.21. The molecule has 2 aromatic rings. The molecule has 1 aromatic carbocycles. The van der Waals surface area contributed by atoms with E-state index < -0.39 is 0 Å². The summed E-state index contributed by atoms with van der Waals surface area (Å²) in [6.07, 6.45) is 3.50. The van der Waals surface area contributed by atoms with Crippen LogP contribution in [0.4, 0.5) is 0 Å². The van der Waals surface area contributed by atoms with E-state index in [0.29, 0.717) is 11.7 Å². The van der Waals surface area contributed by atoms with Gasteiger partial charge in [-0.05, 0) is 32.0 Å². The van der Waals surface area contributed by atoms with Crippen molar-refractivity contribution in [2.24, 2.45) is 0 Å². The molecule has 0 bridgehead atoms. The molecule has 0 radical (unpaired) electrons. The van der Waals surface area contributed by atoms with Gasteiger partial charge in [-0.15, -0.1) is 5.10 Å². The maximum atomic E-state index is 12.4. The van der Waals surface area contributed by atoms with Crippen LogP contribution in [0, 0.1) is 0 Å². The molecular formula is C15H19N5O. The van der Waals surface area contributed by atoms with E-state index >= 15 is 0 Å². The Morgan fingerprint density at radius 2 is 1.95 bits per heavy atom. The molecule has 1 fully saturated rings. The molecule has 0 unspecified atom stereocenters. The Morgan fingerprint density at radius 1 is 1.24 bits per heavy atom. The monoisotopic (exact) mass is 285 g/mol. The highest BCUT2D eigenvalue weighted by Crippen LogP contribution is 2.13. The maximum absolute atomic E-state index is 12.4. The van der Waals surface area contributed by atoms with Gasteiger partial charge in [0, 0.05) is 19.1 Å². The van der Waals surface area contributed by atoms with Gasteiger partial charge in [-0.1, -0.05) is 18.2 Å². The average molecular weight is 285 g/mol. The zero-order valence-corrected chi connectivity index (χ0v) is 12.1. The van der Waals surface area contributed by atoms with E-state index in [1.165, 1.54) is 4.80 Å². The van der Waals surface area contributed by atoms with Crippen LogP contribution in [0.3, 0.4) is 0 Å². The number of hydrogen-bond donors (Lipinski definition) is 1. The highest BCUT2D eigenvalue weighted by Gasteiger charge is 2.24. The van der Waals surface area contributed by atoms with E-state index in [2.05, 4.69) is 15.5 Å². The first-order chi connectivity index (χ1) is 10.3. The van der Waals surface area contributed by atoms with Crippen molar-refractivity contribution in [1.82, 2.24) is 25.2 Å². The van der Waals surface area contributed by atoms with Crippen molar-refractivity contribution in [3.63, 3.8) is 0 Å². The molecule has 0 aliphatic carbocycles. The van der Waals surface area contributed by atoms with Crippen LogP contribution in [0.25, 0.3) is 5.69 Å². The summed E-state index contributed by atoms with van der Waals surface area (Å²) in [5.74, 6) is -0.0354. The smallest absolute Gasteiger partial charge is 0.276 e. The SMILES string of the molecule is CNC1CCN(C(=O)c2cnn(-c3ccccc3)n2)CC1. The van der Waals surface area contributed by atoms with Crippen LogP contribution in [0.1, 0.15) is 23.3 Å². The minimum Gasteiger partial charge on any atom is -0.337 e. The molecule has 1 N–H and O–H groups in total. The molecule has 1 aliphatic heterocycles. The van der Waals surface area contributed by atoms with Crippen LogP contribution in [0.5, 0.6) is 0 Å².